The molecule has 1 atom stereocenters. The van der Waals surface area contributed by atoms with Gasteiger partial charge in [-0.05, 0) is 81.1 Å². The van der Waals surface area contributed by atoms with E-state index in [4.69, 9.17) is 4.74 Å². The number of benzene rings is 2. The van der Waals surface area contributed by atoms with E-state index in [9.17, 15) is 30.8 Å². The molecule has 2 aromatic rings. The number of alkyl halides is 3. The lowest BCUT2D eigenvalue weighted by atomic mass is 9.75. The summed E-state index contributed by atoms with van der Waals surface area (Å²) in [7, 11) is 1.19. The fraction of sp³-hybridized carbons (Fsp3) is 0.552. The molecule has 1 aliphatic carbocycles. The summed E-state index contributed by atoms with van der Waals surface area (Å²) < 4.78 is 83.6. The highest BCUT2D eigenvalue weighted by atomic mass is 32.2. The molecular weight excluding hydrogens is 562 g/mol. The van der Waals surface area contributed by atoms with Gasteiger partial charge < -0.3 is 15.0 Å². The summed E-state index contributed by atoms with van der Waals surface area (Å²) in [6.45, 7) is 0.0526. The van der Waals surface area contributed by atoms with Crippen molar-refractivity contribution in [1.82, 2.24) is 14.5 Å². The van der Waals surface area contributed by atoms with E-state index in [1.165, 1.54) is 19.2 Å². The number of rotatable bonds is 13. The number of halogens is 4. The highest BCUT2D eigenvalue weighted by Crippen LogP contribution is 2.40. The number of nitrogens with zero attached hydrogens (tertiary/aromatic N) is 2. The molecule has 0 aliphatic heterocycles. The van der Waals surface area contributed by atoms with Crippen molar-refractivity contribution in [2.45, 2.75) is 49.2 Å². The molecule has 2 aromatic carbocycles. The van der Waals surface area contributed by atoms with Crippen molar-refractivity contribution < 1.29 is 35.5 Å². The van der Waals surface area contributed by atoms with Gasteiger partial charge in [0.1, 0.15) is 12.4 Å². The van der Waals surface area contributed by atoms with Crippen LogP contribution in [0.4, 0.5) is 17.6 Å². The van der Waals surface area contributed by atoms with Gasteiger partial charge in [-0.25, -0.2) is 12.8 Å². The minimum atomic E-state index is -4.65. The first-order valence-electron chi connectivity index (χ1n) is 13.7. The lowest BCUT2D eigenvalue weighted by Gasteiger charge is -2.37. The molecule has 41 heavy (non-hydrogen) atoms. The monoisotopic (exact) mass is 601 g/mol. The molecule has 0 saturated heterocycles. The van der Waals surface area contributed by atoms with E-state index in [-0.39, 0.29) is 37.5 Å². The summed E-state index contributed by atoms with van der Waals surface area (Å²) in [5, 5.41) is 2.83. The maximum absolute atomic E-state index is 13.4. The maximum atomic E-state index is 13.4. The first kappa shape index (κ1) is 33.0. The molecule has 0 aromatic heterocycles. The average molecular weight is 602 g/mol. The van der Waals surface area contributed by atoms with Crippen molar-refractivity contribution in [3.05, 3.63) is 65.5 Å². The largest absolute Gasteiger partial charge is 0.416 e. The molecule has 0 spiro atoms. The molecule has 1 unspecified atom stereocenters. The summed E-state index contributed by atoms with van der Waals surface area (Å²) in [5.74, 6) is 0.422. The van der Waals surface area contributed by atoms with Gasteiger partial charge in [-0.2, -0.15) is 17.5 Å². The first-order chi connectivity index (χ1) is 19.3. The lowest BCUT2D eigenvalue weighted by Crippen LogP contribution is -2.34. The van der Waals surface area contributed by atoms with Crippen LogP contribution in [0.3, 0.4) is 0 Å². The van der Waals surface area contributed by atoms with Crippen LogP contribution in [-0.2, 0) is 25.7 Å². The smallest absolute Gasteiger partial charge is 0.370 e. The van der Waals surface area contributed by atoms with Crippen LogP contribution in [-0.4, -0.2) is 71.0 Å². The molecule has 12 heteroatoms. The Morgan fingerprint density at radius 2 is 1.71 bits per heavy atom. The van der Waals surface area contributed by atoms with Crippen molar-refractivity contribution >= 4 is 15.9 Å². The highest BCUT2D eigenvalue weighted by Gasteiger charge is 2.33. The fourth-order valence-electron chi connectivity index (χ4n) is 5.40. The summed E-state index contributed by atoms with van der Waals surface area (Å²) >= 11 is 0. The summed E-state index contributed by atoms with van der Waals surface area (Å²) in [5.41, 5.74) is 0.0715. The van der Waals surface area contributed by atoms with Crippen molar-refractivity contribution in [2.24, 2.45) is 11.8 Å². The van der Waals surface area contributed by atoms with E-state index >= 15 is 0 Å². The van der Waals surface area contributed by atoms with Gasteiger partial charge in [0.2, 0.25) is 15.9 Å². The Morgan fingerprint density at radius 1 is 1.05 bits per heavy atom. The Hall–Kier alpha value is -2.54. The van der Waals surface area contributed by atoms with Gasteiger partial charge in [-0.1, -0.05) is 31.0 Å². The van der Waals surface area contributed by atoms with Crippen LogP contribution in [0.1, 0.15) is 49.3 Å². The van der Waals surface area contributed by atoms with Crippen molar-refractivity contribution in [3.8, 4) is 0 Å². The number of likely N-dealkylation sites (N-methyl/N-ethyl adjacent to an activating group) is 1. The van der Waals surface area contributed by atoms with Gasteiger partial charge in [-0.3, -0.25) is 4.79 Å². The van der Waals surface area contributed by atoms with Gasteiger partial charge in [0.05, 0.1) is 17.1 Å². The number of hydrogen-bond acceptors (Lipinski definition) is 5. The lowest BCUT2D eigenvalue weighted by molar-refractivity contribution is -0.137. The quantitative estimate of drug-likeness (QED) is 0.256. The average Bonchev–Trinajstić information content (AvgIpc) is 2.92. The number of carbonyl (C=O) groups is 1. The van der Waals surface area contributed by atoms with Gasteiger partial charge in [0, 0.05) is 26.2 Å². The van der Waals surface area contributed by atoms with E-state index in [2.05, 4.69) is 10.2 Å². The summed E-state index contributed by atoms with van der Waals surface area (Å²) in [6, 6.07) is 10.5. The van der Waals surface area contributed by atoms with E-state index in [0.29, 0.717) is 24.4 Å². The third-order valence-electron chi connectivity index (χ3n) is 7.63. The molecule has 1 aliphatic rings. The minimum Gasteiger partial charge on any atom is -0.370 e. The number of nitrogens with one attached hydrogen (secondary N) is 1. The van der Waals surface area contributed by atoms with E-state index in [1.54, 1.807) is 0 Å². The molecule has 0 bridgehead atoms. The molecule has 0 radical (unpaired) electrons. The van der Waals surface area contributed by atoms with E-state index in [0.717, 1.165) is 60.2 Å². The molecule has 1 saturated carbocycles. The van der Waals surface area contributed by atoms with Crippen molar-refractivity contribution in [3.63, 3.8) is 0 Å². The second-order valence-electron chi connectivity index (χ2n) is 10.8. The standard InChI is InChI=1S/C29H39F4N3O4S/c1-35(2)28(23-11-13-25(30)14-12-23)22-9-7-21(8-10-22)15-16-34-27(37)20-40-18-17-36(3)41(38,39)26-6-4-5-24(19-26)29(31,32)33/h4-6,11-14,19,21-22,28H,7-10,15-18,20H2,1-3H3,(H,34,37). The Bertz CT molecular complexity index is 1230. The van der Waals surface area contributed by atoms with Crippen LogP contribution in [0.15, 0.2) is 53.4 Å². The molecular formula is C29H39F4N3O4S. The molecule has 1 fully saturated rings. The normalized spacial score (nSPS) is 19.0. The summed E-state index contributed by atoms with van der Waals surface area (Å²) in [4.78, 5) is 13.9. The predicted molar refractivity (Wildman–Crippen MR) is 148 cm³/mol. The topological polar surface area (TPSA) is 79.0 Å². The predicted octanol–water partition coefficient (Wildman–Crippen LogP) is 5.10. The van der Waals surface area contributed by atoms with Crippen molar-refractivity contribution in [1.29, 1.82) is 0 Å². The SMILES string of the molecule is CN(C)C(c1ccc(F)cc1)C1CCC(CCNC(=O)COCCN(C)S(=O)(=O)c2cccc(C(F)(F)F)c2)CC1. The zero-order valence-corrected chi connectivity index (χ0v) is 24.5. The second kappa shape index (κ2) is 14.6. The molecule has 3 rings (SSSR count). The van der Waals surface area contributed by atoms with Gasteiger partial charge in [-0.15, -0.1) is 0 Å². The van der Waals surface area contributed by atoms with E-state index < -0.39 is 26.7 Å². The van der Waals surface area contributed by atoms with Crippen LogP contribution in [0.2, 0.25) is 0 Å². The number of hydrogen-bond donors (Lipinski definition) is 1. The first-order valence-corrected chi connectivity index (χ1v) is 15.1. The van der Waals surface area contributed by atoms with Gasteiger partial charge >= 0.3 is 6.18 Å². The number of amides is 1. The molecule has 7 nitrogen and oxygen atoms in total. The Morgan fingerprint density at radius 3 is 2.32 bits per heavy atom. The van der Waals surface area contributed by atoms with Crippen LogP contribution >= 0.6 is 0 Å². The number of ether oxygens (including phenoxy) is 1. The fourth-order valence-corrected chi connectivity index (χ4v) is 6.60. The number of carbonyl (C=O) groups excluding carboxylic acids is 1. The van der Waals surface area contributed by atoms with Gasteiger partial charge in [0.15, 0.2) is 0 Å². The van der Waals surface area contributed by atoms with Crippen LogP contribution in [0.5, 0.6) is 0 Å². The molecule has 0 heterocycles. The van der Waals surface area contributed by atoms with Crippen LogP contribution in [0, 0.1) is 17.7 Å². The highest BCUT2D eigenvalue weighted by molar-refractivity contribution is 7.89. The summed E-state index contributed by atoms with van der Waals surface area (Å²) in [6.07, 6.45) is 0.405. The number of sulfonamides is 1. The third-order valence-corrected chi connectivity index (χ3v) is 9.49. The van der Waals surface area contributed by atoms with Gasteiger partial charge in [0.25, 0.3) is 0 Å². The third kappa shape index (κ3) is 9.49. The van der Waals surface area contributed by atoms with Crippen LogP contribution < -0.4 is 5.32 Å². The minimum absolute atomic E-state index is 0.0901. The zero-order chi connectivity index (χ0) is 30.2. The Kier molecular flexibility index (Phi) is 11.7. The van der Waals surface area contributed by atoms with Crippen LogP contribution in [0.25, 0.3) is 0 Å². The van der Waals surface area contributed by atoms with Crippen molar-refractivity contribution in [2.75, 3.05) is 47.4 Å². The second-order valence-corrected chi connectivity index (χ2v) is 12.8. The molecule has 228 valence electrons. The van der Waals surface area contributed by atoms with E-state index in [1.807, 2.05) is 26.2 Å². The zero-order valence-electron chi connectivity index (χ0n) is 23.7. The Labute approximate surface area is 239 Å². The molecule has 1 amide bonds. The molecule has 1 N–H and O–H groups in total. The Balaban J connectivity index is 1.34. The maximum Gasteiger partial charge on any atom is 0.416 e.